The highest BCUT2D eigenvalue weighted by Crippen LogP contribution is 2.23. The number of oxazole rings is 1. The highest BCUT2D eigenvalue weighted by molar-refractivity contribution is 7.83. The molecule has 3 rings (SSSR count). The molecule has 0 bridgehead atoms. The third-order valence-corrected chi connectivity index (χ3v) is 5.06. The first-order valence-electron chi connectivity index (χ1n) is 6.90. The Balaban J connectivity index is 1.69. The third kappa shape index (κ3) is 4.22. The van der Waals surface area contributed by atoms with Gasteiger partial charge in [0.1, 0.15) is 6.26 Å². The lowest BCUT2D eigenvalue weighted by Gasteiger charge is -2.02. The summed E-state index contributed by atoms with van der Waals surface area (Å²) in [5.74, 6) is 1.17. The van der Waals surface area contributed by atoms with E-state index in [2.05, 4.69) is 4.98 Å². The summed E-state index contributed by atoms with van der Waals surface area (Å²) in [6.07, 6.45) is 1.53. The van der Waals surface area contributed by atoms with Crippen molar-refractivity contribution in [3.05, 3.63) is 76.1 Å². The van der Waals surface area contributed by atoms with Crippen LogP contribution in [0.3, 0.4) is 0 Å². The average molecular weight is 366 g/mol. The smallest absolute Gasteiger partial charge is 0.226 e. The second-order valence-electron chi connectivity index (χ2n) is 4.97. The van der Waals surface area contributed by atoms with Crippen LogP contribution in [-0.4, -0.2) is 9.19 Å². The fraction of sp³-hybridized carbons (Fsp3) is 0.118. The lowest BCUT2D eigenvalue weighted by molar-refractivity contribution is 0.573. The van der Waals surface area contributed by atoms with E-state index in [1.807, 2.05) is 30.3 Å². The maximum Gasteiger partial charge on any atom is 0.226 e. The Kier molecular flexibility index (Phi) is 5.16. The fourth-order valence-corrected chi connectivity index (χ4v) is 3.77. The molecule has 0 saturated carbocycles. The molecule has 6 heteroatoms. The minimum Gasteiger partial charge on any atom is -0.444 e. The van der Waals surface area contributed by atoms with Gasteiger partial charge < -0.3 is 4.42 Å². The van der Waals surface area contributed by atoms with Crippen molar-refractivity contribution in [1.82, 2.24) is 4.98 Å². The minimum atomic E-state index is -1.11. The van der Waals surface area contributed by atoms with Gasteiger partial charge in [0.2, 0.25) is 5.89 Å². The lowest BCUT2D eigenvalue weighted by atomic mass is 10.2. The van der Waals surface area contributed by atoms with Crippen LogP contribution in [0, 0.1) is 0 Å². The van der Waals surface area contributed by atoms with Crippen molar-refractivity contribution in [2.75, 3.05) is 0 Å². The number of halogens is 2. The van der Waals surface area contributed by atoms with Gasteiger partial charge in [-0.15, -0.1) is 0 Å². The van der Waals surface area contributed by atoms with E-state index in [9.17, 15) is 4.21 Å². The van der Waals surface area contributed by atoms with Crippen molar-refractivity contribution >= 4 is 34.0 Å². The first kappa shape index (κ1) is 16.2. The quantitative estimate of drug-likeness (QED) is 0.631. The molecule has 0 aliphatic heterocycles. The van der Waals surface area contributed by atoms with E-state index in [0.717, 1.165) is 11.1 Å². The topological polar surface area (TPSA) is 43.1 Å². The highest BCUT2D eigenvalue weighted by Gasteiger charge is 2.11. The maximum absolute atomic E-state index is 12.3. The highest BCUT2D eigenvalue weighted by atomic mass is 35.5. The molecule has 1 aromatic heterocycles. The Morgan fingerprint density at radius 3 is 2.65 bits per heavy atom. The minimum absolute atomic E-state index is 0.315. The zero-order chi connectivity index (χ0) is 16.2. The van der Waals surface area contributed by atoms with Gasteiger partial charge in [-0.2, -0.15) is 0 Å². The van der Waals surface area contributed by atoms with Gasteiger partial charge in [0.05, 0.1) is 17.2 Å². The van der Waals surface area contributed by atoms with Crippen LogP contribution < -0.4 is 0 Å². The summed E-state index contributed by atoms with van der Waals surface area (Å²) in [4.78, 5) is 4.37. The van der Waals surface area contributed by atoms with Crippen molar-refractivity contribution in [1.29, 1.82) is 0 Å². The Bertz CT molecular complexity index is 848. The molecule has 0 N–H and O–H groups in total. The lowest BCUT2D eigenvalue weighted by Crippen LogP contribution is -2.00. The average Bonchev–Trinajstić information content (AvgIpc) is 2.98. The second-order valence-corrected chi connectivity index (χ2v) is 7.27. The molecule has 0 aliphatic rings. The van der Waals surface area contributed by atoms with Crippen molar-refractivity contribution in [3.8, 4) is 11.5 Å². The maximum atomic E-state index is 12.3. The first-order chi connectivity index (χ1) is 11.1. The molecule has 0 saturated heterocycles. The van der Waals surface area contributed by atoms with Crippen molar-refractivity contribution in [2.24, 2.45) is 0 Å². The number of hydrogen-bond donors (Lipinski definition) is 0. The van der Waals surface area contributed by atoms with Crippen LogP contribution in [0.5, 0.6) is 0 Å². The molecule has 3 nitrogen and oxygen atoms in total. The summed E-state index contributed by atoms with van der Waals surface area (Å²) >= 11 is 12.0. The summed E-state index contributed by atoms with van der Waals surface area (Å²) in [5, 5.41) is 1.24. The fourth-order valence-electron chi connectivity index (χ4n) is 2.13. The van der Waals surface area contributed by atoms with Crippen LogP contribution in [0.2, 0.25) is 10.0 Å². The van der Waals surface area contributed by atoms with Crippen molar-refractivity contribution in [2.45, 2.75) is 11.5 Å². The molecular formula is C17H13Cl2NO2S. The predicted octanol–water partition coefficient (Wildman–Crippen LogP) is 5.10. The number of hydrogen-bond acceptors (Lipinski definition) is 3. The van der Waals surface area contributed by atoms with Gasteiger partial charge in [-0.1, -0.05) is 47.5 Å². The van der Waals surface area contributed by atoms with Crippen LogP contribution in [0.1, 0.15) is 11.3 Å². The molecule has 0 amide bonds. The number of nitrogens with zero attached hydrogens (tertiary/aromatic N) is 1. The molecule has 3 aromatic rings. The Hall–Kier alpha value is -1.62. The van der Waals surface area contributed by atoms with E-state index in [4.69, 9.17) is 27.6 Å². The first-order valence-corrected chi connectivity index (χ1v) is 9.15. The molecule has 118 valence electrons. The number of rotatable bonds is 5. The zero-order valence-electron chi connectivity index (χ0n) is 12.0. The monoisotopic (exact) mass is 365 g/mol. The third-order valence-electron chi connectivity index (χ3n) is 3.21. The van der Waals surface area contributed by atoms with Gasteiger partial charge >= 0.3 is 0 Å². The zero-order valence-corrected chi connectivity index (χ0v) is 14.4. The molecule has 0 radical (unpaired) electrons. The van der Waals surface area contributed by atoms with Gasteiger partial charge in [0.15, 0.2) is 0 Å². The summed E-state index contributed by atoms with van der Waals surface area (Å²) in [6.45, 7) is 0. The number of aromatic nitrogens is 1. The molecule has 0 fully saturated rings. The normalized spacial score (nSPS) is 12.3. The SMILES string of the molecule is O=S(Cc1coc(-c2cccc(Cl)c2)n1)Cc1ccccc1Cl. The molecular weight excluding hydrogens is 353 g/mol. The second kappa shape index (κ2) is 7.30. The van der Waals surface area contributed by atoms with Crippen LogP contribution >= 0.6 is 23.2 Å². The molecule has 2 aromatic carbocycles. The summed E-state index contributed by atoms with van der Waals surface area (Å²) in [5.41, 5.74) is 2.30. The van der Waals surface area contributed by atoms with Crippen molar-refractivity contribution < 1.29 is 8.63 Å². The van der Waals surface area contributed by atoms with E-state index >= 15 is 0 Å². The van der Waals surface area contributed by atoms with Crippen LogP contribution in [0.25, 0.3) is 11.5 Å². The number of benzene rings is 2. The largest absolute Gasteiger partial charge is 0.444 e. The van der Waals surface area contributed by atoms with Crippen LogP contribution in [0.4, 0.5) is 0 Å². The van der Waals surface area contributed by atoms with Gasteiger partial charge in [0.25, 0.3) is 0 Å². The molecule has 23 heavy (non-hydrogen) atoms. The Morgan fingerprint density at radius 2 is 1.87 bits per heavy atom. The van der Waals surface area contributed by atoms with E-state index < -0.39 is 10.8 Å². The predicted molar refractivity (Wildman–Crippen MR) is 94.0 cm³/mol. The molecule has 1 unspecified atom stereocenters. The van der Waals surface area contributed by atoms with E-state index in [0.29, 0.717) is 33.1 Å². The van der Waals surface area contributed by atoms with Crippen LogP contribution in [-0.2, 0) is 22.3 Å². The van der Waals surface area contributed by atoms with Gasteiger partial charge in [-0.25, -0.2) is 4.98 Å². The summed E-state index contributed by atoms with van der Waals surface area (Å²) in [7, 11) is -1.11. The van der Waals surface area contributed by atoms with Gasteiger partial charge in [-0.05, 0) is 29.8 Å². The van der Waals surface area contributed by atoms with E-state index in [-0.39, 0.29) is 0 Å². The summed E-state index contributed by atoms with van der Waals surface area (Å²) < 4.78 is 17.7. The van der Waals surface area contributed by atoms with E-state index in [1.54, 1.807) is 18.2 Å². The standard InChI is InChI=1S/C17H13Cl2NO2S/c18-14-6-3-5-12(8-14)17-20-15(9-22-17)11-23(21)10-13-4-1-2-7-16(13)19/h1-9H,10-11H2. The molecule has 1 atom stereocenters. The summed E-state index contributed by atoms with van der Waals surface area (Å²) in [6, 6.07) is 14.7. The molecule has 1 heterocycles. The van der Waals surface area contributed by atoms with E-state index in [1.165, 1.54) is 6.26 Å². The Morgan fingerprint density at radius 1 is 1.04 bits per heavy atom. The molecule has 0 spiro atoms. The van der Waals surface area contributed by atoms with Crippen molar-refractivity contribution in [3.63, 3.8) is 0 Å². The molecule has 0 aliphatic carbocycles. The van der Waals surface area contributed by atoms with Gasteiger partial charge in [0, 0.05) is 26.4 Å². The Labute approximate surface area is 146 Å². The van der Waals surface area contributed by atoms with Crippen LogP contribution in [0.15, 0.2) is 59.2 Å². The van der Waals surface area contributed by atoms with Gasteiger partial charge in [-0.3, -0.25) is 4.21 Å².